The number of nitrogens with one attached hydrogen (secondary N) is 3. The molecule has 5 unspecified atom stereocenters. The highest BCUT2D eigenvalue weighted by molar-refractivity contribution is 5.96. The molecule has 5 atom stereocenters. The molecular weight excluding hydrogens is 478 g/mol. The molecule has 0 radical (unpaired) electrons. The van der Waals surface area contributed by atoms with Gasteiger partial charge in [-0.05, 0) is 39.2 Å². The summed E-state index contributed by atoms with van der Waals surface area (Å²) in [6.45, 7) is 1.73. The normalized spacial score (nSPS) is 14.9. The number of guanidine groups is 1. The van der Waals surface area contributed by atoms with Crippen LogP contribution in [0, 0.1) is 0 Å². The second-order valence-corrected chi connectivity index (χ2v) is 8.20. The molecule has 0 saturated carbocycles. The Morgan fingerprint density at radius 3 is 1.97 bits per heavy atom. The quantitative estimate of drug-likeness (QED) is 0.0467. The van der Waals surface area contributed by atoms with Crippen molar-refractivity contribution in [2.75, 3.05) is 13.1 Å². The summed E-state index contributed by atoms with van der Waals surface area (Å²) in [4.78, 5) is 64.5. The van der Waals surface area contributed by atoms with Gasteiger partial charge in [-0.3, -0.25) is 24.2 Å². The Morgan fingerprint density at radius 2 is 1.47 bits per heavy atom. The van der Waals surface area contributed by atoms with Crippen LogP contribution in [-0.4, -0.2) is 89.1 Å². The van der Waals surface area contributed by atoms with Gasteiger partial charge in [-0.2, -0.15) is 0 Å². The maximum absolute atomic E-state index is 12.8. The van der Waals surface area contributed by atoms with Crippen molar-refractivity contribution in [2.45, 2.75) is 75.7 Å². The molecule has 0 heterocycles. The summed E-state index contributed by atoms with van der Waals surface area (Å²) in [5.74, 6) is -5.18. The molecule has 206 valence electrons. The second-order valence-electron chi connectivity index (χ2n) is 8.20. The molecular formula is C20H39N9O7. The van der Waals surface area contributed by atoms with Gasteiger partial charge in [0.05, 0.1) is 18.6 Å². The number of primary amides is 1. The van der Waals surface area contributed by atoms with E-state index < -0.39 is 66.3 Å². The van der Waals surface area contributed by atoms with E-state index in [2.05, 4.69) is 20.9 Å². The number of aliphatic hydroxyl groups excluding tert-OH is 1. The minimum Gasteiger partial charge on any atom is -0.480 e. The Labute approximate surface area is 208 Å². The number of unbranched alkanes of at least 4 members (excludes halogenated alkanes) is 1. The van der Waals surface area contributed by atoms with Gasteiger partial charge < -0.3 is 54.8 Å². The fourth-order valence-corrected chi connectivity index (χ4v) is 3.01. The molecule has 0 spiro atoms. The highest BCUT2D eigenvalue weighted by Crippen LogP contribution is 2.04. The van der Waals surface area contributed by atoms with Crippen LogP contribution in [0.5, 0.6) is 0 Å². The van der Waals surface area contributed by atoms with Crippen molar-refractivity contribution >= 4 is 35.6 Å². The average molecular weight is 518 g/mol. The molecule has 4 amide bonds. The van der Waals surface area contributed by atoms with Crippen molar-refractivity contribution in [2.24, 2.45) is 33.7 Å². The number of hydrogen-bond acceptors (Lipinski definition) is 9. The van der Waals surface area contributed by atoms with Gasteiger partial charge in [0.2, 0.25) is 23.6 Å². The summed E-state index contributed by atoms with van der Waals surface area (Å²) in [5, 5.41) is 26.2. The Morgan fingerprint density at radius 1 is 0.861 bits per heavy atom. The van der Waals surface area contributed by atoms with Crippen molar-refractivity contribution in [1.29, 1.82) is 0 Å². The number of aliphatic hydroxyl groups is 1. The first-order valence-electron chi connectivity index (χ1n) is 11.4. The van der Waals surface area contributed by atoms with Crippen molar-refractivity contribution in [1.82, 2.24) is 16.0 Å². The largest absolute Gasteiger partial charge is 0.480 e. The maximum atomic E-state index is 12.8. The minimum absolute atomic E-state index is 0.0409. The van der Waals surface area contributed by atoms with E-state index in [1.807, 2.05) is 0 Å². The van der Waals surface area contributed by atoms with Crippen LogP contribution in [0.2, 0.25) is 0 Å². The van der Waals surface area contributed by atoms with Crippen LogP contribution in [-0.2, 0) is 24.0 Å². The highest BCUT2D eigenvalue weighted by atomic mass is 16.4. The molecule has 0 aliphatic rings. The number of carbonyl (C=O) groups is 5. The van der Waals surface area contributed by atoms with Crippen LogP contribution < -0.4 is 44.6 Å². The number of aliphatic imine (C=N–C) groups is 1. The Balaban J connectivity index is 5.33. The van der Waals surface area contributed by atoms with Gasteiger partial charge in [0.25, 0.3) is 0 Å². The molecule has 0 aliphatic heterocycles. The number of nitrogens with two attached hydrogens (primary N) is 5. The predicted octanol–water partition coefficient (Wildman–Crippen LogP) is -4.71. The highest BCUT2D eigenvalue weighted by Gasteiger charge is 2.33. The molecule has 36 heavy (non-hydrogen) atoms. The van der Waals surface area contributed by atoms with E-state index in [4.69, 9.17) is 28.7 Å². The van der Waals surface area contributed by atoms with E-state index in [-0.39, 0.29) is 31.8 Å². The fourth-order valence-electron chi connectivity index (χ4n) is 3.01. The third-order valence-electron chi connectivity index (χ3n) is 4.97. The number of hydrogen-bond donors (Lipinski definition) is 10. The summed E-state index contributed by atoms with van der Waals surface area (Å²) in [6.07, 6.45) is -0.397. The average Bonchev–Trinajstić information content (AvgIpc) is 2.77. The first kappa shape index (κ1) is 32.5. The lowest BCUT2D eigenvalue weighted by atomic mass is 10.1. The summed E-state index contributed by atoms with van der Waals surface area (Å²) in [7, 11) is 0. The van der Waals surface area contributed by atoms with Crippen LogP contribution in [0.1, 0.15) is 45.4 Å². The molecule has 16 heteroatoms. The number of amides is 4. The van der Waals surface area contributed by atoms with Gasteiger partial charge in [-0.1, -0.05) is 6.42 Å². The van der Waals surface area contributed by atoms with Gasteiger partial charge in [0.1, 0.15) is 18.1 Å². The number of carboxylic acids is 1. The maximum Gasteiger partial charge on any atom is 0.326 e. The topological polar surface area (TPSA) is 304 Å². The smallest absolute Gasteiger partial charge is 0.326 e. The standard InChI is InChI=1S/C20H39N9O7/c1-10(30)15(18(34)27-12(19(35)36)6-4-8-26-20(24)25)29-17(33)13(9-14(23)31)28-16(32)11(22)5-2-3-7-21/h10-13,15,30H,2-9,21-22H2,1H3,(H2,23,31)(H,27,34)(H,28,32)(H,29,33)(H,35,36)(H4,24,25,26). The second kappa shape index (κ2) is 17.0. The van der Waals surface area contributed by atoms with E-state index >= 15 is 0 Å². The Hall–Kier alpha value is -3.50. The first-order valence-corrected chi connectivity index (χ1v) is 11.4. The molecule has 0 aromatic rings. The monoisotopic (exact) mass is 517 g/mol. The van der Waals surface area contributed by atoms with Gasteiger partial charge in [-0.25, -0.2) is 4.79 Å². The van der Waals surface area contributed by atoms with Crippen LogP contribution in [0.25, 0.3) is 0 Å². The molecule has 0 aliphatic carbocycles. The van der Waals surface area contributed by atoms with E-state index in [1.54, 1.807) is 0 Å². The number of aliphatic carboxylic acids is 1. The number of nitrogens with zero attached hydrogens (tertiary/aromatic N) is 1. The lowest BCUT2D eigenvalue weighted by molar-refractivity contribution is -0.143. The van der Waals surface area contributed by atoms with Crippen LogP contribution in [0.4, 0.5) is 0 Å². The van der Waals surface area contributed by atoms with Crippen molar-refractivity contribution < 1.29 is 34.2 Å². The Bertz CT molecular complexity index is 787. The molecule has 0 rings (SSSR count). The molecule has 0 bridgehead atoms. The van der Waals surface area contributed by atoms with Crippen LogP contribution in [0.3, 0.4) is 0 Å². The minimum atomic E-state index is -1.61. The fraction of sp³-hybridized carbons (Fsp3) is 0.700. The predicted molar refractivity (Wildman–Crippen MR) is 130 cm³/mol. The lowest BCUT2D eigenvalue weighted by Gasteiger charge is -2.26. The molecule has 0 fully saturated rings. The lowest BCUT2D eigenvalue weighted by Crippen LogP contribution is -2.60. The van der Waals surface area contributed by atoms with Crippen molar-refractivity contribution in [3.8, 4) is 0 Å². The summed E-state index contributed by atoms with van der Waals surface area (Å²) in [6, 6.07) is -5.44. The zero-order chi connectivity index (χ0) is 27.8. The molecule has 15 N–H and O–H groups in total. The van der Waals surface area contributed by atoms with Crippen LogP contribution >= 0.6 is 0 Å². The van der Waals surface area contributed by atoms with E-state index in [0.717, 1.165) is 0 Å². The molecule has 0 aromatic carbocycles. The number of rotatable bonds is 18. The van der Waals surface area contributed by atoms with E-state index in [1.165, 1.54) is 6.92 Å². The zero-order valence-electron chi connectivity index (χ0n) is 20.3. The van der Waals surface area contributed by atoms with Crippen molar-refractivity contribution in [3.63, 3.8) is 0 Å². The van der Waals surface area contributed by atoms with E-state index in [9.17, 15) is 34.2 Å². The molecule has 0 saturated heterocycles. The third kappa shape index (κ3) is 13.4. The SMILES string of the molecule is CC(O)C(NC(=O)C(CC(N)=O)NC(=O)C(N)CCCCN)C(=O)NC(CCCN=C(N)N)C(=O)O. The first-order chi connectivity index (χ1) is 16.8. The van der Waals surface area contributed by atoms with Crippen molar-refractivity contribution in [3.05, 3.63) is 0 Å². The number of carboxylic acid groups (broad SMARTS) is 1. The van der Waals surface area contributed by atoms with Crippen LogP contribution in [0.15, 0.2) is 4.99 Å². The third-order valence-corrected chi connectivity index (χ3v) is 4.97. The van der Waals surface area contributed by atoms with Gasteiger partial charge >= 0.3 is 5.97 Å². The van der Waals surface area contributed by atoms with Gasteiger partial charge in [-0.15, -0.1) is 0 Å². The molecule has 0 aromatic heterocycles. The number of carbonyl (C=O) groups excluding carboxylic acids is 4. The van der Waals surface area contributed by atoms with E-state index in [0.29, 0.717) is 19.4 Å². The van der Waals surface area contributed by atoms with Gasteiger partial charge in [0.15, 0.2) is 5.96 Å². The Kier molecular flexibility index (Phi) is 15.4. The summed E-state index contributed by atoms with van der Waals surface area (Å²) < 4.78 is 0. The molecule has 16 nitrogen and oxygen atoms in total. The summed E-state index contributed by atoms with van der Waals surface area (Å²) in [5.41, 5.74) is 26.8. The summed E-state index contributed by atoms with van der Waals surface area (Å²) >= 11 is 0. The zero-order valence-corrected chi connectivity index (χ0v) is 20.3. The van der Waals surface area contributed by atoms with Gasteiger partial charge in [0, 0.05) is 6.54 Å².